The number of carbonyl (C=O) groups excluding carboxylic acids is 2. The van der Waals surface area contributed by atoms with Crippen molar-refractivity contribution in [1.29, 1.82) is 0 Å². The molecule has 0 bridgehead atoms. The van der Waals surface area contributed by atoms with Crippen molar-refractivity contribution in [2.24, 2.45) is 4.99 Å². The van der Waals surface area contributed by atoms with E-state index in [0.29, 0.717) is 35.1 Å². The minimum Gasteiger partial charge on any atom is -0.373 e. The van der Waals surface area contributed by atoms with Crippen molar-refractivity contribution in [2.75, 3.05) is 24.7 Å². The number of allylic oxidation sites excluding steroid dienone is 5. The minimum absolute atomic E-state index is 0.172. The molecule has 0 spiro atoms. The number of amidine groups is 1. The normalized spacial score (nSPS) is 14.9. The summed E-state index contributed by atoms with van der Waals surface area (Å²) in [4.78, 5) is 34.2. The van der Waals surface area contributed by atoms with E-state index < -0.39 is 0 Å². The highest BCUT2D eigenvalue weighted by atomic mass is 16.2. The van der Waals surface area contributed by atoms with Crippen LogP contribution in [-0.2, 0) is 4.79 Å². The monoisotopic (exact) mass is 462 g/mol. The van der Waals surface area contributed by atoms with Crippen LogP contribution in [-0.4, -0.2) is 57.8 Å². The van der Waals surface area contributed by atoms with Crippen LogP contribution in [0.2, 0.25) is 0 Å². The summed E-state index contributed by atoms with van der Waals surface area (Å²) >= 11 is 0. The van der Waals surface area contributed by atoms with E-state index in [-0.39, 0.29) is 11.9 Å². The number of hydrogen-bond donors (Lipinski definition) is 3. The fourth-order valence-electron chi connectivity index (χ4n) is 3.30. The molecule has 1 aliphatic rings. The van der Waals surface area contributed by atoms with Crippen LogP contribution in [0.15, 0.2) is 66.1 Å². The molecule has 178 valence electrons. The largest absolute Gasteiger partial charge is 0.373 e. The molecule has 3 rings (SSSR count). The third kappa shape index (κ3) is 5.77. The molecular formula is C24H30N8O2. The summed E-state index contributed by atoms with van der Waals surface area (Å²) in [7, 11) is 3.38. The van der Waals surface area contributed by atoms with Crippen molar-refractivity contribution in [1.82, 2.24) is 24.8 Å². The van der Waals surface area contributed by atoms with E-state index in [4.69, 9.17) is 0 Å². The Morgan fingerprint density at radius 1 is 1.35 bits per heavy atom. The molecule has 3 N–H and O–H groups in total. The van der Waals surface area contributed by atoms with Gasteiger partial charge in [0.05, 0.1) is 6.20 Å². The van der Waals surface area contributed by atoms with E-state index in [2.05, 4.69) is 37.6 Å². The van der Waals surface area contributed by atoms with Crippen LogP contribution in [0.3, 0.4) is 0 Å². The molecule has 0 saturated heterocycles. The standard InChI is InChI=1S/C24H30N8O2/c1-5-6-12-21(25-3)31(16-33)13-8-9-17(2)28-20-14-22(26-4)32-23(30-20)19(15-27-32)24(34)29-18-10-7-11-18/h5-6,8-9,12-16,18,26H,1,7,10-11H2,2-4H3,(H,28,30)(H,29,34)/b12-6-,13-8-,17-9+,25-21?. The van der Waals surface area contributed by atoms with E-state index in [0.717, 1.165) is 25.0 Å². The van der Waals surface area contributed by atoms with E-state index in [1.54, 1.807) is 61.3 Å². The average molecular weight is 463 g/mol. The van der Waals surface area contributed by atoms with Crippen LogP contribution in [0.25, 0.3) is 5.65 Å². The molecular weight excluding hydrogens is 432 g/mol. The first kappa shape index (κ1) is 24.4. The van der Waals surface area contributed by atoms with Gasteiger partial charge in [-0.2, -0.15) is 9.61 Å². The number of hydrogen-bond acceptors (Lipinski definition) is 7. The first-order valence-electron chi connectivity index (χ1n) is 11.0. The molecule has 10 nitrogen and oxygen atoms in total. The maximum atomic E-state index is 12.7. The second kappa shape index (κ2) is 11.6. The number of rotatable bonds is 10. The van der Waals surface area contributed by atoms with Gasteiger partial charge >= 0.3 is 0 Å². The zero-order chi connectivity index (χ0) is 24.5. The SMILES string of the molecule is C=C/C=C\C(=NC)N(C=O)/C=C\C=C(/C)Nc1cc(NC)n2ncc(C(=O)NC3CCC3)c2n1. The predicted molar refractivity (Wildman–Crippen MR) is 135 cm³/mol. The van der Waals surface area contributed by atoms with Gasteiger partial charge in [0, 0.05) is 38.1 Å². The summed E-state index contributed by atoms with van der Waals surface area (Å²) in [5, 5.41) is 13.7. The fourth-order valence-corrected chi connectivity index (χ4v) is 3.30. The maximum Gasteiger partial charge on any atom is 0.256 e. The highest BCUT2D eigenvalue weighted by Gasteiger charge is 2.23. The molecule has 2 amide bonds. The van der Waals surface area contributed by atoms with Crippen molar-refractivity contribution < 1.29 is 9.59 Å². The summed E-state index contributed by atoms with van der Waals surface area (Å²) in [5.74, 6) is 1.54. The average Bonchev–Trinajstić information content (AvgIpc) is 3.24. The lowest BCUT2D eigenvalue weighted by Gasteiger charge is -2.26. The first-order chi connectivity index (χ1) is 16.5. The fraction of sp³-hybridized carbons (Fsp3) is 0.292. The number of nitrogens with zero attached hydrogens (tertiary/aromatic N) is 5. The number of amides is 2. The zero-order valence-corrected chi connectivity index (χ0v) is 19.7. The molecule has 0 aromatic carbocycles. The Morgan fingerprint density at radius 2 is 2.15 bits per heavy atom. The summed E-state index contributed by atoms with van der Waals surface area (Å²) < 4.78 is 1.60. The Hall–Kier alpha value is -4.21. The quantitative estimate of drug-likeness (QED) is 0.216. The second-order valence-corrected chi connectivity index (χ2v) is 7.68. The Balaban J connectivity index is 1.79. The Bertz CT molecular complexity index is 1170. The smallest absolute Gasteiger partial charge is 0.256 e. The third-order valence-electron chi connectivity index (χ3n) is 5.32. The Kier molecular flexibility index (Phi) is 8.33. The zero-order valence-electron chi connectivity index (χ0n) is 19.7. The molecule has 1 saturated carbocycles. The molecule has 1 aliphatic carbocycles. The van der Waals surface area contributed by atoms with Gasteiger partial charge in [-0.3, -0.25) is 19.5 Å². The number of anilines is 2. The van der Waals surface area contributed by atoms with E-state index in [9.17, 15) is 9.59 Å². The van der Waals surface area contributed by atoms with Crippen molar-refractivity contribution in [3.8, 4) is 0 Å². The van der Waals surface area contributed by atoms with Crippen molar-refractivity contribution in [2.45, 2.75) is 32.2 Å². The molecule has 0 atom stereocenters. The molecule has 1 fully saturated rings. The third-order valence-corrected chi connectivity index (χ3v) is 5.32. The number of fused-ring (bicyclic) bond motifs is 1. The van der Waals surface area contributed by atoms with Gasteiger partial charge in [0.1, 0.15) is 23.0 Å². The van der Waals surface area contributed by atoms with Gasteiger partial charge in [0.25, 0.3) is 5.91 Å². The van der Waals surface area contributed by atoms with Gasteiger partial charge < -0.3 is 16.0 Å². The van der Waals surface area contributed by atoms with Crippen LogP contribution in [0.5, 0.6) is 0 Å². The first-order valence-corrected chi connectivity index (χ1v) is 11.0. The topological polar surface area (TPSA) is 116 Å². The molecule has 2 aromatic rings. The number of nitrogens with one attached hydrogen (secondary N) is 3. The van der Waals surface area contributed by atoms with Crippen LogP contribution in [0.1, 0.15) is 36.5 Å². The molecule has 0 aliphatic heterocycles. The molecule has 2 aromatic heterocycles. The molecule has 10 heteroatoms. The van der Waals surface area contributed by atoms with E-state index >= 15 is 0 Å². The van der Waals surface area contributed by atoms with Gasteiger partial charge in [0.2, 0.25) is 6.41 Å². The summed E-state index contributed by atoms with van der Waals surface area (Å²) in [6.45, 7) is 5.49. The molecule has 2 heterocycles. The van der Waals surface area contributed by atoms with Gasteiger partial charge in [-0.05, 0) is 44.4 Å². The van der Waals surface area contributed by atoms with Crippen molar-refractivity contribution >= 4 is 35.4 Å². The van der Waals surface area contributed by atoms with Crippen LogP contribution < -0.4 is 16.0 Å². The highest BCUT2D eigenvalue weighted by molar-refractivity contribution is 6.00. The maximum absolute atomic E-state index is 12.7. The lowest BCUT2D eigenvalue weighted by molar-refractivity contribution is -0.113. The lowest BCUT2D eigenvalue weighted by Crippen LogP contribution is -2.39. The number of carbonyl (C=O) groups is 2. The Labute approximate surface area is 198 Å². The lowest BCUT2D eigenvalue weighted by atomic mass is 9.93. The minimum atomic E-state index is -0.172. The van der Waals surface area contributed by atoms with Gasteiger partial charge in [-0.15, -0.1) is 0 Å². The molecule has 34 heavy (non-hydrogen) atoms. The summed E-state index contributed by atoms with van der Waals surface area (Å²) in [6, 6.07) is 2.02. The summed E-state index contributed by atoms with van der Waals surface area (Å²) in [6.07, 6.45) is 15.5. The van der Waals surface area contributed by atoms with Crippen molar-refractivity contribution in [3.05, 3.63) is 66.7 Å². The van der Waals surface area contributed by atoms with Gasteiger partial charge in [-0.25, -0.2) is 4.98 Å². The van der Waals surface area contributed by atoms with Crippen molar-refractivity contribution in [3.63, 3.8) is 0 Å². The summed E-state index contributed by atoms with van der Waals surface area (Å²) in [5.41, 5.74) is 1.66. The highest BCUT2D eigenvalue weighted by Crippen LogP contribution is 2.22. The van der Waals surface area contributed by atoms with Gasteiger partial charge in [-0.1, -0.05) is 18.7 Å². The Morgan fingerprint density at radius 3 is 2.76 bits per heavy atom. The number of aromatic nitrogens is 3. The van der Waals surface area contributed by atoms with E-state index in [1.165, 1.54) is 11.1 Å². The van der Waals surface area contributed by atoms with Gasteiger partial charge in [0.15, 0.2) is 5.65 Å². The van der Waals surface area contributed by atoms with Crippen LogP contribution in [0.4, 0.5) is 11.6 Å². The second-order valence-electron chi connectivity index (χ2n) is 7.68. The molecule has 0 unspecified atom stereocenters. The molecule has 0 radical (unpaired) electrons. The van der Waals surface area contributed by atoms with Crippen LogP contribution in [0, 0.1) is 0 Å². The van der Waals surface area contributed by atoms with E-state index in [1.807, 2.05) is 6.92 Å². The number of aliphatic imine (C=N–C) groups is 1. The van der Waals surface area contributed by atoms with Crippen LogP contribution >= 0.6 is 0 Å². The predicted octanol–water partition coefficient (Wildman–Crippen LogP) is 3.11.